The third kappa shape index (κ3) is 1.20. The maximum atomic E-state index is 3.19. The maximum absolute atomic E-state index is 3.19. The molecule has 0 aliphatic carbocycles. The van der Waals surface area contributed by atoms with Crippen molar-refractivity contribution in [3.05, 3.63) is 17.7 Å². The Morgan fingerprint density at radius 1 is 1.40 bits per heavy atom. The predicted molar refractivity (Wildman–Crippen MR) is 40.8 cm³/mol. The summed E-state index contributed by atoms with van der Waals surface area (Å²) in [6.07, 6.45) is 1.87. The second kappa shape index (κ2) is 2.11. The van der Waals surface area contributed by atoms with Gasteiger partial charge in [0.2, 0.25) is 6.33 Å². The average Bonchev–Trinajstić information content (AvgIpc) is 2.11. The third-order valence-electron chi connectivity index (χ3n) is 1.63. The number of nitrogens with one attached hydrogen (secondary N) is 2. The maximum Gasteiger partial charge on any atom is 0.239 e. The molecule has 2 nitrogen and oxygen atoms in total. The first kappa shape index (κ1) is 7.32. The van der Waals surface area contributed by atoms with E-state index in [1.54, 1.807) is 0 Å². The lowest BCUT2D eigenvalue weighted by Gasteiger charge is -2.12. The van der Waals surface area contributed by atoms with E-state index in [-0.39, 0.29) is 5.41 Å². The van der Waals surface area contributed by atoms with E-state index in [1.165, 1.54) is 11.4 Å². The van der Waals surface area contributed by atoms with Crippen LogP contribution in [-0.4, -0.2) is 4.98 Å². The molecule has 2 N–H and O–H groups in total. The fourth-order valence-electron chi connectivity index (χ4n) is 1.18. The Morgan fingerprint density at radius 3 is 2.20 bits per heavy atom. The number of H-pyrrole nitrogens is 2. The Bertz CT molecular complexity index is 217. The number of aromatic nitrogens is 2. The Morgan fingerprint density at radius 2 is 2.00 bits per heavy atom. The monoisotopic (exact) mass is 139 g/mol. The molecule has 0 radical (unpaired) electrons. The molecule has 0 amide bonds. The van der Waals surface area contributed by atoms with E-state index < -0.39 is 0 Å². The van der Waals surface area contributed by atoms with Crippen LogP contribution in [0.2, 0.25) is 0 Å². The zero-order valence-corrected chi connectivity index (χ0v) is 7.08. The fraction of sp³-hybridized carbons (Fsp3) is 0.625. The molecule has 10 heavy (non-hydrogen) atoms. The van der Waals surface area contributed by atoms with Gasteiger partial charge in [0, 0.05) is 12.3 Å². The molecule has 0 atom stereocenters. The molecular weight excluding hydrogens is 124 g/mol. The van der Waals surface area contributed by atoms with E-state index in [1.807, 2.05) is 6.33 Å². The zero-order chi connectivity index (χ0) is 7.78. The SMILES string of the molecule is Cc1[nH]c[nH+]c1C(C)(C)C. The normalized spacial score (nSPS) is 12.0. The van der Waals surface area contributed by atoms with Gasteiger partial charge < -0.3 is 0 Å². The fourth-order valence-corrected chi connectivity index (χ4v) is 1.18. The second-order valence-electron chi connectivity index (χ2n) is 3.68. The van der Waals surface area contributed by atoms with Crippen LogP contribution in [0.25, 0.3) is 0 Å². The highest BCUT2D eigenvalue weighted by atomic mass is 14.9. The summed E-state index contributed by atoms with van der Waals surface area (Å²) in [5, 5.41) is 0. The van der Waals surface area contributed by atoms with Crippen molar-refractivity contribution >= 4 is 0 Å². The molecule has 0 aliphatic heterocycles. The summed E-state index contributed by atoms with van der Waals surface area (Å²) in [6.45, 7) is 8.66. The van der Waals surface area contributed by atoms with Crippen molar-refractivity contribution in [2.45, 2.75) is 33.1 Å². The van der Waals surface area contributed by atoms with E-state index in [2.05, 4.69) is 37.7 Å². The van der Waals surface area contributed by atoms with Crippen molar-refractivity contribution in [2.75, 3.05) is 0 Å². The molecule has 0 aromatic carbocycles. The summed E-state index contributed by atoms with van der Waals surface area (Å²) >= 11 is 0. The van der Waals surface area contributed by atoms with E-state index >= 15 is 0 Å². The van der Waals surface area contributed by atoms with Gasteiger partial charge in [0.05, 0.1) is 0 Å². The van der Waals surface area contributed by atoms with Crippen molar-refractivity contribution in [1.29, 1.82) is 0 Å². The Hall–Kier alpha value is -0.790. The van der Waals surface area contributed by atoms with Gasteiger partial charge in [-0.25, -0.2) is 9.97 Å². The lowest BCUT2D eigenvalue weighted by Crippen LogP contribution is -2.21. The third-order valence-corrected chi connectivity index (χ3v) is 1.63. The molecule has 0 saturated heterocycles. The van der Waals surface area contributed by atoms with Crippen molar-refractivity contribution in [2.24, 2.45) is 0 Å². The first-order chi connectivity index (χ1) is 4.52. The standard InChI is InChI=1S/C8H14N2/c1-6-7(8(2,3)4)10-5-9-6/h5H,1-4H3,(H,9,10)/p+1. The van der Waals surface area contributed by atoms with Gasteiger partial charge in [0.1, 0.15) is 11.4 Å². The van der Waals surface area contributed by atoms with Crippen LogP contribution < -0.4 is 4.98 Å². The van der Waals surface area contributed by atoms with Gasteiger partial charge in [-0.15, -0.1) is 0 Å². The van der Waals surface area contributed by atoms with Crippen LogP contribution in [0.3, 0.4) is 0 Å². The number of hydrogen-bond acceptors (Lipinski definition) is 0. The summed E-state index contributed by atoms with van der Waals surface area (Å²) < 4.78 is 0. The van der Waals surface area contributed by atoms with E-state index in [0.29, 0.717) is 0 Å². The summed E-state index contributed by atoms with van der Waals surface area (Å²) in [6, 6.07) is 0. The highest BCUT2D eigenvalue weighted by Gasteiger charge is 2.22. The average molecular weight is 139 g/mol. The minimum atomic E-state index is 0.226. The van der Waals surface area contributed by atoms with Crippen LogP contribution >= 0.6 is 0 Å². The summed E-state index contributed by atoms with van der Waals surface area (Å²) in [7, 11) is 0. The number of rotatable bonds is 0. The number of aryl methyl sites for hydroxylation is 1. The minimum absolute atomic E-state index is 0.226. The molecule has 1 aromatic heterocycles. The molecule has 0 aliphatic rings. The van der Waals surface area contributed by atoms with E-state index in [4.69, 9.17) is 0 Å². The second-order valence-corrected chi connectivity index (χ2v) is 3.68. The van der Waals surface area contributed by atoms with Crippen LogP contribution in [0, 0.1) is 6.92 Å². The quantitative estimate of drug-likeness (QED) is 0.563. The van der Waals surface area contributed by atoms with E-state index in [0.717, 1.165) is 0 Å². The molecule has 0 saturated carbocycles. The van der Waals surface area contributed by atoms with Gasteiger partial charge in [-0.2, -0.15) is 0 Å². The van der Waals surface area contributed by atoms with Gasteiger partial charge in [-0.05, 0) is 0 Å². The van der Waals surface area contributed by atoms with Crippen LogP contribution in [0.1, 0.15) is 32.2 Å². The molecular formula is C8H15N2+. The van der Waals surface area contributed by atoms with Gasteiger partial charge in [0.25, 0.3) is 0 Å². The zero-order valence-electron chi connectivity index (χ0n) is 7.08. The van der Waals surface area contributed by atoms with Crippen molar-refractivity contribution in [3.8, 4) is 0 Å². The van der Waals surface area contributed by atoms with Crippen LogP contribution in [-0.2, 0) is 5.41 Å². The number of imidazole rings is 1. The highest BCUT2D eigenvalue weighted by molar-refractivity contribution is 5.11. The molecule has 0 unspecified atom stereocenters. The lowest BCUT2D eigenvalue weighted by molar-refractivity contribution is -0.394. The van der Waals surface area contributed by atoms with Gasteiger partial charge in [0.15, 0.2) is 0 Å². The summed E-state index contributed by atoms with van der Waals surface area (Å²) in [5.74, 6) is 0. The molecule has 2 heteroatoms. The Balaban J connectivity index is 3.05. The minimum Gasteiger partial charge on any atom is -0.248 e. The molecule has 56 valence electrons. The van der Waals surface area contributed by atoms with Crippen LogP contribution in [0.15, 0.2) is 6.33 Å². The Labute approximate surface area is 61.7 Å². The summed E-state index contributed by atoms with van der Waals surface area (Å²) in [4.78, 5) is 6.31. The number of aromatic amines is 2. The van der Waals surface area contributed by atoms with Crippen LogP contribution in [0.5, 0.6) is 0 Å². The van der Waals surface area contributed by atoms with Crippen molar-refractivity contribution in [3.63, 3.8) is 0 Å². The first-order valence-electron chi connectivity index (χ1n) is 3.58. The molecule has 1 rings (SSSR count). The molecule has 0 bridgehead atoms. The van der Waals surface area contributed by atoms with Crippen molar-refractivity contribution in [1.82, 2.24) is 4.98 Å². The number of hydrogen-bond donors (Lipinski definition) is 1. The highest BCUT2D eigenvalue weighted by Crippen LogP contribution is 2.19. The van der Waals surface area contributed by atoms with E-state index in [9.17, 15) is 0 Å². The van der Waals surface area contributed by atoms with Crippen molar-refractivity contribution < 1.29 is 4.98 Å². The topological polar surface area (TPSA) is 29.9 Å². The first-order valence-corrected chi connectivity index (χ1v) is 3.58. The summed E-state index contributed by atoms with van der Waals surface area (Å²) in [5.41, 5.74) is 2.74. The lowest BCUT2D eigenvalue weighted by atomic mass is 9.91. The van der Waals surface area contributed by atoms with Gasteiger partial charge in [-0.3, -0.25) is 0 Å². The van der Waals surface area contributed by atoms with Gasteiger partial charge in [-0.1, -0.05) is 20.8 Å². The molecule has 0 fully saturated rings. The molecule has 1 heterocycles. The predicted octanol–water partition coefficient (Wildman–Crippen LogP) is 1.43. The smallest absolute Gasteiger partial charge is 0.239 e. The molecule has 1 aromatic rings. The van der Waals surface area contributed by atoms with Gasteiger partial charge >= 0.3 is 0 Å². The largest absolute Gasteiger partial charge is 0.248 e. The molecule has 0 spiro atoms. The van der Waals surface area contributed by atoms with Crippen LogP contribution in [0.4, 0.5) is 0 Å². The Kier molecular flexibility index (Phi) is 1.55.